The number of carbonyl (C=O) groups is 1. The third-order valence-corrected chi connectivity index (χ3v) is 4.23. The highest BCUT2D eigenvalue weighted by atomic mass is 79.9. The first-order chi connectivity index (χ1) is 8.61. The third kappa shape index (κ3) is 2.81. The number of halogens is 1. The lowest BCUT2D eigenvalue weighted by molar-refractivity contribution is 0.0697. The summed E-state index contributed by atoms with van der Waals surface area (Å²) in [5.41, 5.74) is 0.815. The topological polar surface area (TPSA) is 55.1 Å². The Bertz CT molecular complexity index is 562. The van der Waals surface area contributed by atoms with Crippen LogP contribution in [-0.2, 0) is 6.54 Å². The van der Waals surface area contributed by atoms with Crippen molar-refractivity contribution in [1.29, 1.82) is 0 Å². The first-order valence-electron chi connectivity index (χ1n) is 5.67. The van der Waals surface area contributed by atoms with Gasteiger partial charge in [-0.1, -0.05) is 13.3 Å². The number of aromatic nitrogens is 2. The number of carboxylic acids is 1. The molecule has 0 aliphatic carbocycles. The second kappa shape index (κ2) is 5.67. The van der Waals surface area contributed by atoms with Crippen LogP contribution in [0.1, 0.15) is 30.1 Å². The van der Waals surface area contributed by atoms with Crippen molar-refractivity contribution in [3.05, 3.63) is 27.7 Å². The number of nitrogens with zero attached hydrogens (tertiary/aromatic N) is 2. The Kier molecular flexibility index (Phi) is 4.19. The maximum atomic E-state index is 11.2. The maximum Gasteiger partial charge on any atom is 0.339 e. The molecule has 2 rings (SSSR count). The molecule has 0 fully saturated rings. The smallest absolute Gasteiger partial charge is 0.339 e. The Hall–Kier alpha value is -1.14. The van der Waals surface area contributed by atoms with E-state index in [1.807, 2.05) is 11.4 Å². The molecule has 0 saturated heterocycles. The van der Waals surface area contributed by atoms with Gasteiger partial charge in [-0.3, -0.25) is 4.68 Å². The van der Waals surface area contributed by atoms with Gasteiger partial charge in [0.15, 0.2) is 0 Å². The Morgan fingerprint density at radius 1 is 1.61 bits per heavy atom. The zero-order valence-electron chi connectivity index (χ0n) is 9.89. The highest BCUT2D eigenvalue weighted by Gasteiger charge is 2.18. The fourth-order valence-electron chi connectivity index (χ4n) is 1.63. The summed E-state index contributed by atoms with van der Waals surface area (Å²) < 4.78 is 2.66. The van der Waals surface area contributed by atoms with Crippen LogP contribution in [0.15, 0.2) is 22.1 Å². The van der Waals surface area contributed by atoms with Gasteiger partial charge >= 0.3 is 5.97 Å². The van der Waals surface area contributed by atoms with Crippen LogP contribution in [-0.4, -0.2) is 20.9 Å². The minimum Gasteiger partial charge on any atom is -0.478 e. The monoisotopic (exact) mass is 328 g/mol. The van der Waals surface area contributed by atoms with Gasteiger partial charge in [0, 0.05) is 22.6 Å². The Morgan fingerprint density at radius 2 is 2.39 bits per heavy atom. The molecule has 0 amide bonds. The molecule has 0 radical (unpaired) electrons. The number of thiophene rings is 1. The lowest BCUT2D eigenvalue weighted by atomic mass is 10.2. The minimum atomic E-state index is -0.933. The molecule has 1 N–H and O–H groups in total. The average Bonchev–Trinajstić information content (AvgIpc) is 2.92. The summed E-state index contributed by atoms with van der Waals surface area (Å²) >= 11 is 4.85. The number of hydrogen-bond acceptors (Lipinski definition) is 3. The molecule has 0 spiro atoms. The van der Waals surface area contributed by atoms with E-state index in [4.69, 9.17) is 0 Å². The predicted octanol–water partition coefficient (Wildman–Crippen LogP) is 3.87. The largest absolute Gasteiger partial charge is 0.478 e. The second-order valence-corrected chi connectivity index (χ2v) is 5.77. The number of aromatic carboxylic acids is 1. The van der Waals surface area contributed by atoms with Crippen molar-refractivity contribution in [3.63, 3.8) is 0 Å². The number of aryl methyl sites for hydroxylation is 1. The summed E-state index contributed by atoms with van der Waals surface area (Å²) in [5.74, 6) is -0.933. The van der Waals surface area contributed by atoms with E-state index < -0.39 is 5.97 Å². The molecule has 0 bridgehead atoms. The molecule has 2 aromatic rings. The third-order valence-electron chi connectivity index (χ3n) is 2.53. The van der Waals surface area contributed by atoms with E-state index in [0.717, 1.165) is 28.7 Å². The molecule has 96 valence electrons. The van der Waals surface area contributed by atoms with Crippen LogP contribution < -0.4 is 0 Å². The molecule has 0 aromatic carbocycles. The van der Waals surface area contributed by atoms with Crippen LogP contribution in [0.4, 0.5) is 0 Å². The molecule has 2 heterocycles. The SMILES string of the molecule is CCCCn1cc(C(=O)O)c(-c2cc(Br)cs2)n1. The summed E-state index contributed by atoms with van der Waals surface area (Å²) in [6.07, 6.45) is 3.66. The summed E-state index contributed by atoms with van der Waals surface area (Å²) in [6, 6.07) is 1.89. The van der Waals surface area contributed by atoms with Crippen LogP contribution in [0.2, 0.25) is 0 Å². The van der Waals surface area contributed by atoms with Crippen molar-refractivity contribution in [3.8, 4) is 10.6 Å². The summed E-state index contributed by atoms with van der Waals surface area (Å²) in [5, 5.41) is 15.5. The molecule has 0 saturated carbocycles. The van der Waals surface area contributed by atoms with Crippen LogP contribution in [0.25, 0.3) is 10.6 Å². The van der Waals surface area contributed by atoms with Crippen molar-refractivity contribution >= 4 is 33.2 Å². The van der Waals surface area contributed by atoms with Crippen LogP contribution in [0.3, 0.4) is 0 Å². The first-order valence-corrected chi connectivity index (χ1v) is 7.34. The van der Waals surface area contributed by atoms with E-state index in [0.29, 0.717) is 5.69 Å². The van der Waals surface area contributed by atoms with Gasteiger partial charge in [0.05, 0.1) is 4.88 Å². The summed E-state index contributed by atoms with van der Waals surface area (Å²) in [4.78, 5) is 12.1. The van der Waals surface area contributed by atoms with Crippen molar-refractivity contribution in [2.24, 2.45) is 0 Å². The van der Waals surface area contributed by atoms with Gasteiger partial charge in [0.1, 0.15) is 11.3 Å². The zero-order valence-corrected chi connectivity index (χ0v) is 12.3. The lowest BCUT2D eigenvalue weighted by Gasteiger charge is -1.97. The van der Waals surface area contributed by atoms with E-state index in [1.165, 1.54) is 11.3 Å². The Morgan fingerprint density at radius 3 is 2.94 bits per heavy atom. The van der Waals surface area contributed by atoms with E-state index in [9.17, 15) is 9.90 Å². The highest BCUT2D eigenvalue weighted by Crippen LogP contribution is 2.31. The molecule has 4 nitrogen and oxygen atoms in total. The van der Waals surface area contributed by atoms with Crippen molar-refractivity contribution < 1.29 is 9.90 Å². The van der Waals surface area contributed by atoms with Crippen molar-refractivity contribution in [2.45, 2.75) is 26.3 Å². The van der Waals surface area contributed by atoms with Gasteiger partial charge in [0.25, 0.3) is 0 Å². The summed E-state index contributed by atoms with van der Waals surface area (Å²) in [7, 11) is 0. The predicted molar refractivity (Wildman–Crippen MR) is 75.1 cm³/mol. The highest BCUT2D eigenvalue weighted by molar-refractivity contribution is 9.10. The Balaban J connectivity index is 2.38. The normalized spacial score (nSPS) is 10.8. The van der Waals surface area contributed by atoms with E-state index in [2.05, 4.69) is 28.0 Å². The van der Waals surface area contributed by atoms with Gasteiger partial charge in [-0.2, -0.15) is 5.10 Å². The second-order valence-electron chi connectivity index (χ2n) is 3.94. The van der Waals surface area contributed by atoms with Gasteiger partial charge in [-0.15, -0.1) is 11.3 Å². The minimum absolute atomic E-state index is 0.264. The number of rotatable bonds is 5. The molecular formula is C12H13BrN2O2S. The average molecular weight is 329 g/mol. The number of unbranched alkanes of at least 4 members (excludes halogenated alkanes) is 1. The molecular weight excluding hydrogens is 316 g/mol. The van der Waals surface area contributed by atoms with Gasteiger partial charge < -0.3 is 5.11 Å². The molecule has 0 atom stereocenters. The van der Waals surface area contributed by atoms with Crippen LogP contribution in [0.5, 0.6) is 0 Å². The van der Waals surface area contributed by atoms with Crippen molar-refractivity contribution in [1.82, 2.24) is 9.78 Å². The Labute approximate surface area is 117 Å². The van der Waals surface area contributed by atoms with E-state index in [1.54, 1.807) is 10.9 Å². The number of carboxylic acid groups (broad SMARTS) is 1. The van der Waals surface area contributed by atoms with Crippen LogP contribution in [0, 0.1) is 0 Å². The van der Waals surface area contributed by atoms with Gasteiger partial charge in [0.2, 0.25) is 0 Å². The molecule has 18 heavy (non-hydrogen) atoms. The lowest BCUT2D eigenvalue weighted by Crippen LogP contribution is -1.98. The molecule has 0 aliphatic heterocycles. The van der Waals surface area contributed by atoms with Gasteiger partial charge in [-0.05, 0) is 28.4 Å². The zero-order chi connectivity index (χ0) is 13.1. The standard InChI is InChI=1S/C12H13BrN2O2S/c1-2-3-4-15-6-9(12(16)17)11(14-15)10-5-8(13)7-18-10/h5-7H,2-4H2,1H3,(H,16,17). The first kappa shape index (κ1) is 13.3. The number of hydrogen-bond donors (Lipinski definition) is 1. The fraction of sp³-hybridized carbons (Fsp3) is 0.333. The fourth-order valence-corrected chi connectivity index (χ4v) is 3.06. The van der Waals surface area contributed by atoms with Crippen molar-refractivity contribution in [2.75, 3.05) is 0 Å². The molecule has 0 unspecified atom stereocenters. The molecule has 6 heteroatoms. The quantitative estimate of drug-likeness (QED) is 0.906. The maximum absolute atomic E-state index is 11.2. The van der Waals surface area contributed by atoms with Crippen LogP contribution >= 0.6 is 27.3 Å². The van der Waals surface area contributed by atoms with Gasteiger partial charge in [-0.25, -0.2) is 4.79 Å². The van der Waals surface area contributed by atoms with E-state index >= 15 is 0 Å². The summed E-state index contributed by atoms with van der Waals surface area (Å²) in [6.45, 7) is 2.85. The molecule has 2 aromatic heterocycles. The van der Waals surface area contributed by atoms with E-state index in [-0.39, 0.29) is 5.56 Å². The molecule has 0 aliphatic rings.